The number of fused-ring (bicyclic) bond motifs is 1. The van der Waals surface area contributed by atoms with Crippen LogP contribution in [0.2, 0.25) is 0 Å². The number of hydrogen-bond acceptors (Lipinski definition) is 5. The molecule has 0 radical (unpaired) electrons. The number of aromatic nitrogens is 3. The molecule has 2 heterocycles. The van der Waals surface area contributed by atoms with Gasteiger partial charge in [-0.1, -0.05) is 78.9 Å². The second-order valence-electron chi connectivity index (χ2n) is 8.04. The Bertz CT molecular complexity index is 1210. The van der Waals surface area contributed by atoms with E-state index in [4.69, 9.17) is 4.74 Å². The van der Waals surface area contributed by atoms with Crippen molar-refractivity contribution >= 4 is 5.91 Å². The molecule has 3 aromatic carbocycles. The lowest BCUT2D eigenvalue weighted by molar-refractivity contribution is -0.122. The molecule has 33 heavy (non-hydrogen) atoms. The number of amides is 1. The third-order valence-corrected chi connectivity index (χ3v) is 5.62. The molecule has 1 aromatic heterocycles. The van der Waals surface area contributed by atoms with Crippen molar-refractivity contribution in [2.75, 3.05) is 13.1 Å². The first kappa shape index (κ1) is 20.9. The zero-order valence-electron chi connectivity index (χ0n) is 18.1. The highest BCUT2D eigenvalue weighted by atomic mass is 16.5. The Kier molecular flexibility index (Phi) is 6.12. The number of H-pyrrole nitrogens is 1. The lowest BCUT2D eigenvalue weighted by Crippen LogP contribution is -2.38. The summed E-state index contributed by atoms with van der Waals surface area (Å²) in [7, 11) is 0. The normalized spacial score (nSPS) is 15.8. The van der Waals surface area contributed by atoms with Gasteiger partial charge in [0.2, 0.25) is 5.91 Å². The molecule has 0 saturated carbocycles. The second-order valence-corrected chi connectivity index (χ2v) is 8.04. The molecule has 7 heteroatoms. The summed E-state index contributed by atoms with van der Waals surface area (Å²) in [5, 5.41) is 10.1. The fourth-order valence-electron chi connectivity index (χ4n) is 3.97. The van der Waals surface area contributed by atoms with Gasteiger partial charge in [-0.15, -0.1) is 0 Å². The Morgan fingerprint density at radius 3 is 2.55 bits per heavy atom. The highest BCUT2D eigenvalue weighted by molar-refractivity contribution is 5.78. The number of benzene rings is 3. The van der Waals surface area contributed by atoms with E-state index in [9.17, 15) is 4.79 Å². The molecular weight excluding hydrogens is 414 g/mol. The molecule has 2 N–H and O–H groups in total. The van der Waals surface area contributed by atoms with Crippen molar-refractivity contribution in [2.45, 2.75) is 19.2 Å². The van der Waals surface area contributed by atoms with Crippen LogP contribution in [0.1, 0.15) is 23.1 Å². The first-order chi connectivity index (χ1) is 16.2. The fourth-order valence-corrected chi connectivity index (χ4v) is 3.97. The fraction of sp³-hybridized carbons (Fsp3) is 0.192. The molecule has 4 aromatic rings. The number of carbonyl (C=O) groups excluding carboxylic acids is 1. The number of rotatable bonds is 6. The monoisotopic (exact) mass is 439 g/mol. The minimum Gasteiger partial charge on any atom is -0.484 e. The van der Waals surface area contributed by atoms with Gasteiger partial charge in [0.1, 0.15) is 17.7 Å². The minimum absolute atomic E-state index is 0.0705. The summed E-state index contributed by atoms with van der Waals surface area (Å²) < 4.78 is 6.33. The topological polar surface area (TPSA) is 83.1 Å². The Balaban J connectivity index is 1.24. The summed E-state index contributed by atoms with van der Waals surface area (Å²) >= 11 is 0. The van der Waals surface area contributed by atoms with Crippen LogP contribution in [0.4, 0.5) is 0 Å². The maximum Gasteiger partial charge on any atom is 0.234 e. The van der Waals surface area contributed by atoms with Crippen molar-refractivity contribution in [3.8, 4) is 17.1 Å². The van der Waals surface area contributed by atoms with Gasteiger partial charge >= 0.3 is 0 Å². The number of nitrogens with one attached hydrogen (secondary N) is 2. The van der Waals surface area contributed by atoms with E-state index in [0.717, 1.165) is 22.4 Å². The Labute approximate surface area is 192 Å². The standard InChI is InChI=1S/C26H25N5O2/c32-25(27-15-24-28-26(30-29-24)20-11-5-2-6-12-20)18-31-16-21-13-7-8-14-22(21)33-23(17-31)19-9-3-1-4-10-19/h1-14,23H,15-18H2,(H,27,32)(H,28,29,30). The van der Waals surface area contributed by atoms with Crippen molar-refractivity contribution in [1.82, 2.24) is 25.4 Å². The van der Waals surface area contributed by atoms with Crippen LogP contribution in [0.25, 0.3) is 11.4 Å². The van der Waals surface area contributed by atoms with Crippen LogP contribution < -0.4 is 10.1 Å². The maximum absolute atomic E-state index is 12.8. The molecule has 0 bridgehead atoms. The first-order valence-electron chi connectivity index (χ1n) is 11.0. The highest BCUT2D eigenvalue weighted by Crippen LogP contribution is 2.30. The number of ether oxygens (including phenoxy) is 1. The van der Waals surface area contributed by atoms with E-state index >= 15 is 0 Å². The van der Waals surface area contributed by atoms with Crippen LogP contribution >= 0.6 is 0 Å². The van der Waals surface area contributed by atoms with E-state index in [1.54, 1.807) is 0 Å². The molecule has 166 valence electrons. The van der Waals surface area contributed by atoms with E-state index in [1.165, 1.54) is 0 Å². The molecule has 0 fully saturated rings. The van der Waals surface area contributed by atoms with Gasteiger partial charge in [0.05, 0.1) is 13.1 Å². The molecule has 0 spiro atoms. The summed E-state index contributed by atoms with van der Waals surface area (Å²) in [5.41, 5.74) is 3.10. The van der Waals surface area contributed by atoms with Crippen molar-refractivity contribution < 1.29 is 9.53 Å². The number of aromatic amines is 1. The lowest BCUT2D eigenvalue weighted by atomic mass is 10.1. The number of para-hydroxylation sites is 1. The predicted octanol–water partition coefficient (Wildman–Crippen LogP) is 3.72. The van der Waals surface area contributed by atoms with Crippen LogP contribution in [0, 0.1) is 0 Å². The molecule has 5 rings (SSSR count). The van der Waals surface area contributed by atoms with Crippen molar-refractivity contribution in [1.29, 1.82) is 0 Å². The smallest absolute Gasteiger partial charge is 0.234 e. The Morgan fingerprint density at radius 2 is 1.73 bits per heavy atom. The third-order valence-electron chi connectivity index (χ3n) is 5.62. The zero-order chi connectivity index (χ0) is 22.5. The van der Waals surface area contributed by atoms with Gasteiger partial charge in [-0.25, -0.2) is 4.98 Å². The van der Waals surface area contributed by atoms with E-state index in [1.807, 2.05) is 72.8 Å². The summed E-state index contributed by atoms with van der Waals surface area (Å²) in [6.07, 6.45) is -0.148. The minimum atomic E-state index is -0.148. The summed E-state index contributed by atoms with van der Waals surface area (Å²) in [6, 6.07) is 27.9. The van der Waals surface area contributed by atoms with E-state index in [0.29, 0.717) is 31.3 Å². The second kappa shape index (κ2) is 9.67. The molecule has 0 aliphatic carbocycles. The van der Waals surface area contributed by atoms with Crippen molar-refractivity contribution in [2.24, 2.45) is 0 Å². The van der Waals surface area contributed by atoms with Gasteiger partial charge in [0, 0.05) is 24.2 Å². The van der Waals surface area contributed by atoms with Gasteiger partial charge in [0.15, 0.2) is 5.82 Å². The van der Waals surface area contributed by atoms with Crippen LogP contribution in [0.3, 0.4) is 0 Å². The van der Waals surface area contributed by atoms with Gasteiger partial charge in [-0.05, 0) is 11.6 Å². The first-order valence-corrected chi connectivity index (χ1v) is 11.0. The van der Waals surface area contributed by atoms with E-state index in [-0.39, 0.29) is 18.6 Å². The SMILES string of the molecule is O=C(CN1Cc2ccccc2OC(c2ccccc2)C1)NCc1nc(-c2ccccc2)n[nH]1. The molecule has 7 nitrogen and oxygen atoms in total. The zero-order valence-corrected chi connectivity index (χ0v) is 18.1. The highest BCUT2D eigenvalue weighted by Gasteiger charge is 2.25. The average Bonchev–Trinajstić information content (AvgIpc) is 3.26. The van der Waals surface area contributed by atoms with Crippen LogP contribution in [-0.4, -0.2) is 39.1 Å². The summed E-state index contributed by atoms with van der Waals surface area (Å²) in [4.78, 5) is 19.4. The quantitative estimate of drug-likeness (QED) is 0.478. The van der Waals surface area contributed by atoms with Crippen molar-refractivity contribution in [3.05, 3.63) is 102 Å². The number of nitrogens with zero attached hydrogens (tertiary/aromatic N) is 3. The van der Waals surface area contributed by atoms with E-state index in [2.05, 4.69) is 37.5 Å². The molecular formula is C26H25N5O2. The largest absolute Gasteiger partial charge is 0.484 e. The Morgan fingerprint density at radius 1 is 1.00 bits per heavy atom. The molecule has 1 unspecified atom stereocenters. The van der Waals surface area contributed by atoms with Crippen LogP contribution in [-0.2, 0) is 17.9 Å². The van der Waals surface area contributed by atoms with Gasteiger partial charge in [-0.2, -0.15) is 5.10 Å². The molecule has 0 saturated heterocycles. The molecule has 1 atom stereocenters. The van der Waals surface area contributed by atoms with Gasteiger partial charge in [0.25, 0.3) is 0 Å². The average molecular weight is 440 g/mol. The molecule has 1 amide bonds. The molecule has 1 aliphatic heterocycles. The lowest BCUT2D eigenvalue weighted by Gasteiger charge is -2.23. The van der Waals surface area contributed by atoms with Crippen molar-refractivity contribution in [3.63, 3.8) is 0 Å². The predicted molar refractivity (Wildman–Crippen MR) is 125 cm³/mol. The maximum atomic E-state index is 12.8. The summed E-state index contributed by atoms with van der Waals surface area (Å²) in [5.74, 6) is 2.03. The van der Waals surface area contributed by atoms with Crippen LogP contribution in [0.5, 0.6) is 5.75 Å². The van der Waals surface area contributed by atoms with E-state index < -0.39 is 0 Å². The molecule has 1 aliphatic rings. The number of hydrogen-bond donors (Lipinski definition) is 2. The van der Waals surface area contributed by atoms with Gasteiger partial charge in [-0.3, -0.25) is 14.8 Å². The number of carbonyl (C=O) groups is 1. The third kappa shape index (κ3) is 5.10. The summed E-state index contributed by atoms with van der Waals surface area (Å²) in [6.45, 7) is 1.82. The Hall–Kier alpha value is -3.97. The van der Waals surface area contributed by atoms with Crippen LogP contribution in [0.15, 0.2) is 84.9 Å². The van der Waals surface area contributed by atoms with Gasteiger partial charge < -0.3 is 10.1 Å².